The first kappa shape index (κ1) is 26.6. The van der Waals surface area contributed by atoms with Gasteiger partial charge in [0.15, 0.2) is 17.3 Å². The first-order valence-corrected chi connectivity index (χ1v) is 12.5. The van der Waals surface area contributed by atoms with E-state index in [1.165, 1.54) is 20.8 Å². The van der Waals surface area contributed by atoms with Gasteiger partial charge in [-0.25, -0.2) is 4.79 Å². The molecule has 2 aliphatic heterocycles. The number of esters is 4. The summed E-state index contributed by atoms with van der Waals surface area (Å²) in [5.74, 6) is -3.47. The van der Waals surface area contributed by atoms with Crippen LogP contribution in [0.1, 0.15) is 67.7 Å². The van der Waals surface area contributed by atoms with E-state index in [1.54, 1.807) is 13.0 Å². The number of fused-ring (bicyclic) bond motifs is 1. The largest absolute Gasteiger partial charge is 0.462 e. The number of carbonyl (C=O) groups excluding carboxylic acids is 4. The smallest absolute Gasteiger partial charge is 0.342 e. The van der Waals surface area contributed by atoms with Crippen LogP contribution in [0.5, 0.6) is 0 Å². The molecular weight excluding hydrogens is 472 g/mol. The Hall–Kier alpha value is -2.46. The maximum Gasteiger partial charge on any atom is 0.342 e. The molecular formula is C26H36O10. The lowest BCUT2D eigenvalue weighted by atomic mass is 9.53. The van der Waals surface area contributed by atoms with Gasteiger partial charge < -0.3 is 28.8 Å². The van der Waals surface area contributed by atoms with Gasteiger partial charge in [0.05, 0.1) is 6.10 Å². The van der Waals surface area contributed by atoms with Crippen molar-refractivity contribution in [2.24, 2.45) is 17.3 Å². The molecule has 10 nitrogen and oxygen atoms in total. The third-order valence-electron chi connectivity index (χ3n) is 8.75. The van der Waals surface area contributed by atoms with E-state index in [9.17, 15) is 24.3 Å². The van der Waals surface area contributed by atoms with Gasteiger partial charge >= 0.3 is 23.9 Å². The molecule has 0 aromatic carbocycles. The Morgan fingerprint density at radius 3 is 2.17 bits per heavy atom. The highest BCUT2D eigenvalue weighted by molar-refractivity contribution is 5.89. The summed E-state index contributed by atoms with van der Waals surface area (Å²) in [6.07, 6.45) is -1.66. The monoisotopic (exact) mass is 508 g/mol. The fourth-order valence-electron chi connectivity index (χ4n) is 6.92. The van der Waals surface area contributed by atoms with Crippen molar-refractivity contribution in [3.63, 3.8) is 0 Å². The highest BCUT2D eigenvalue weighted by Gasteiger charge is 2.87. The van der Waals surface area contributed by atoms with Gasteiger partial charge in [0.2, 0.25) is 0 Å². The van der Waals surface area contributed by atoms with Crippen LogP contribution in [-0.4, -0.2) is 70.7 Å². The molecule has 10 atom stereocenters. The molecule has 0 aromatic rings. The number of aliphatic hydroxyl groups is 1. The summed E-state index contributed by atoms with van der Waals surface area (Å²) < 4.78 is 29.5. The van der Waals surface area contributed by atoms with Gasteiger partial charge in [-0.15, -0.1) is 0 Å². The average molecular weight is 509 g/mol. The van der Waals surface area contributed by atoms with E-state index in [1.807, 2.05) is 20.8 Å². The highest BCUT2D eigenvalue weighted by Crippen LogP contribution is 2.65. The van der Waals surface area contributed by atoms with E-state index >= 15 is 0 Å². The second-order valence-electron chi connectivity index (χ2n) is 11.1. The van der Waals surface area contributed by atoms with E-state index in [0.717, 1.165) is 5.57 Å². The molecule has 0 amide bonds. The molecule has 2 heterocycles. The van der Waals surface area contributed by atoms with Crippen LogP contribution in [0, 0.1) is 17.3 Å². The van der Waals surface area contributed by atoms with Crippen molar-refractivity contribution >= 4 is 23.9 Å². The number of epoxide rings is 1. The summed E-state index contributed by atoms with van der Waals surface area (Å²) in [6.45, 7) is 11.0. The summed E-state index contributed by atoms with van der Waals surface area (Å²) in [5.41, 5.74) is -2.95. The third kappa shape index (κ3) is 3.84. The van der Waals surface area contributed by atoms with Crippen LogP contribution >= 0.6 is 0 Å². The minimum Gasteiger partial charge on any atom is -0.462 e. The molecule has 1 saturated carbocycles. The maximum absolute atomic E-state index is 12.9. The summed E-state index contributed by atoms with van der Waals surface area (Å²) in [4.78, 5) is 49.9. The van der Waals surface area contributed by atoms with Crippen molar-refractivity contribution in [2.75, 3.05) is 0 Å². The van der Waals surface area contributed by atoms with Gasteiger partial charge in [0, 0.05) is 38.5 Å². The van der Waals surface area contributed by atoms with Crippen LogP contribution in [0.2, 0.25) is 0 Å². The van der Waals surface area contributed by atoms with Crippen LogP contribution in [0.15, 0.2) is 11.6 Å². The van der Waals surface area contributed by atoms with Crippen molar-refractivity contribution in [1.29, 1.82) is 0 Å². The molecule has 200 valence electrons. The molecule has 1 spiro atoms. The van der Waals surface area contributed by atoms with Crippen LogP contribution in [-0.2, 0) is 42.9 Å². The van der Waals surface area contributed by atoms with Gasteiger partial charge in [-0.1, -0.05) is 19.4 Å². The van der Waals surface area contributed by atoms with Gasteiger partial charge in [-0.2, -0.15) is 0 Å². The quantitative estimate of drug-likeness (QED) is 0.261. The van der Waals surface area contributed by atoms with Gasteiger partial charge in [-0.05, 0) is 38.7 Å². The second kappa shape index (κ2) is 8.83. The highest BCUT2D eigenvalue weighted by atomic mass is 16.7. The molecule has 3 fully saturated rings. The Morgan fingerprint density at radius 2 is 1.61 bits per heavy atom. The SMILES string of the molecule is CC(=O)OC1[C@H]2[C@@H](C)[C@H](O)C[C@H](OC(C)=O)[C@]2(C)[C@H](OC(C)=O)CC/C(C)=C\[C@@H]2OC(=O)[C@]3(C)O[C@]123. The maximum atomic E-state index is 12.9. The van der Waals surface area contributed by atoms with Crippen LogP contribution < -0.4 is 0 Å². The summed E-state index contributed by atoms with van der Waals surface area (Å²) in [6, 6.07) is 0. The number of ether oxygens (including phenoxy) is 5. The molecule has 2 saturated heterocycles. The Labute approximate surface area is 210 Å². The molecule has 4 aliphatic rings. The molecule has 1 N–H and O–H groups in total. The molecule has 10 heteroatoms. The minimum atomic E-state index is -1.37. The van der Waals surface area contributed by atoms with Crippen molar-refractivity contribution in [3.05, 3.63) is 11.6 Å². The Kier molecular flexibility index (Phi) is 6.53. The van der Waals surface area contributed by atoms with E-state index in [2.05, 4.69) is 0 Å². The minimum absolute atomic E-state index is 0.108. The standard InChI is InChI=1S/C26H36O10/c1-12-8-9-18(32-14(3)27)24(6)19(33-15(4)28)11-17(30)13(2)21(24)22(34-16(5)29)26-20(10-12)35-23(31)25(26,7)36-26/h10,13,17-22,30H,8-9,11H2,1-7H3/b12-10-/t13-,17+,18+,19-,20-,21+,22?,24-,25-,26-/m0/s1. The number of aliphatic hydroxyl groups excluding tert-OH is 1. The van der Waals surface area contributed by atoms with E-state index in [-0.39, 0.29) is 6.42 Å². The number of carbonyl (C=O) groups is 4. The lowest BCUT2D eigenvalue weighted by Crippen LogP contribution is -2.66. The van der Waals surface area contributed by atoms with Crippen molar-refractivity contribution in [1.82, 2.24) is 0 Å². The fourth-order valence-corrected chi connectivity index (χ4v) is 6.92. The normalized spacial score (nSPS) is 47.1. The molecule has 0 bridgehead atoms. The summed E-state index contributed by atoms with van der Waals surface area (Å²) in [7, 11) is 0. The van der Waals surface area contributed by atoms with Gasteiger partial charge in [0.1, 0.15) is 18.3 Å². The Morgan fingerprint density at radius 1 is 1.03 bits per heavy atom. The average Bonchev–Trinajstić information content (AvgIpc) is 3.34. The topological polar surface area (TPSA) is 138 Å². The zero-order chi connectivity index (χ0) is 26.8. The van der Waals surface area contributed by atoms with E-state index in [0.29, 0.717) is 12.8 Å². The predicted octanol–water partition coefficient (Wildman–Crippen LogP) is 2.00. The van der Waals surface area contributed by atoms with Gasteiger partial charge in [-0.3, -0.25) is 14.4 Å². The Balaban J connectivity index is 1.99. The van der Waals surface area contributed by atoms with Crippen molar-refractivity contribution in [2.45, 2.75) is 109 Å². The molecule has 36 heavy (non-hydrogen) atoms. The van der Waals surface area contributed by atoms with E-state index < -0.39 is 82.8 Å². The number of allylic oxidation sites excluding steroid dienone is 1. The number of hydrogen-bond donors (Lipinski definition) is 1. The van der Waals surface area contributed by atoms with Crippen molar-refractivity contribution in [3.8, 4) is 0 Å². The summed E-state index contributed by atoms with van der Waals surface area (Å²) in [5, 5.41) is 11.1. The van der Waals surface area contributed by atoms with Crippen molar-refractivity contribution < 1.29 is 48.0 Å². The van der Waals surface area contributed by atoms with Crippen LogP contribution in [0.4, 0.5) is 0 Å². The van der Waals surface area contributed by atoms with Gasteiger partial charge in [0.25, 0.3) is 0 Å². The fraction of sp³-hybridized carbons (Fsp3) is 0.769. The second-order valence-corrected chi connectivity index (χ2v) is 11.1. The molecule has 4 rings (SSSR count). The Bertz CT molecular complexity index is 1000. The first-order valence-electron chi connectivity index (χ1n) is 12.5. The lowest BCUT2D eigenvalue weighted by Gasteiger charge is -2.56. The zero-order valence-corrected chi connectivity index (χ0v) is 21.9. The van der Waals surface area contributed by atoms with E-state index in [4.69, 9.17) is 23.7 Å². The molecule has 2 aliphatic carbocycles. The zero-order valence-electron chi connectivity index (χ0n) is 21.9. The molecule has 0 aromatic heterocycles. The molecule has 1 unspecified atom stereocenters. The van der Waals surface area contributed by atoms with Crippen LogP contribution in [0.3, 0.4) is 0 Å². The predicted molar refractivity (Wildman–Crippen MR) is 123 cm³/mol. The summed E-state index contributed by atoms with van der Waals surface area (Å²) >= 11 is 0. The lowest BCUT2D eigenvalue weighted by molar-refractivity contribution is -0.231. The number of rotatable bonds is 3. The number of hydrogen-bond acceptors (Lipinski definition) is 10. The molecule has 0 radical (unpaired) electrons. The van der Waals surface area contributed by atoms with Crippen LogP contribution in [0.25, 0.3) is 0 Å². The first-order chi connectivity index (χ1) is 16.7. The third-order valence-corrected chi connectivity index (χ3v) is 8.75.